The van der Waals surface area contributed by atoms with Crippen LogP contribution in [0.3, 0.4) is 0 Å². The Balaban J connectivity index is 1.46. The summed E-state index contributed by atoms with van der Waals surface area (Å²) in [7, 11) is 1.89. The van der Waals surface area contributed by atoms with Gasteiger partial charge in [-0.25, -0.2) is 4.99 Å². The molecule has 3 aromatic rings. The molecule has 0 radical (unpaired) electrons. The lowest BCUT2D eigenvalue weighted by Gasteiger charge is -2.14. The van der Waals surface area contributed by atoms with E-state index in [0.717, 1.165) is 41.6 Å². The maximum Gasteiger partial charge on any atom is 0.196 e. The smallest absolute Gasteiger partial charge is 0.196 e. The lowest BCUT2D eigenvalue weighted by Crippen LogP contribution is -2.32. The monoisotopic (exact) mass is 396 g/mol. The van der Waals surface area contributed by atoms with E-state index in [1.54, 1.807) is 12.6 Å². The number of aryl methyl sites for hydroxylation is 1. The molecule has 152 valence electrons. The third-order valence-electron chi connectivity index (χ3n) is 4.44. The Kier molecular flexibility index (Phi) is 5.94. The van der Waals surface area contributed by atoms with Gasteiger partial charge in [-0.05, 0) is 24.3 Å². The van der Waals surface area contributed by atoms with E-state index in [4.69, 9.17) is 13.9 Å². The average Bonchev–Trinajstić information content (AvgIpc) is 3.32. The zero-order chi connectivity index (χ0) is 19.9. The zero-order valence-corrected chi connectivity index (χ0v) is 16.3. The second-order valence-electron chi connectivity index (χ2n) is 6.62. The first kappa shape index (κ1) is 18.9. The molecule has 0 atom stereocenters. The zero-order valence-electron chi connectivity index (χ0n) is 16.3. The fourth-order valence-electron chi connectivity index (χ4n) is 2.88. The van der Waals surface area contributed by atoms with Crippen LogP contribution >= 0.6 is 0 Å². The van der Waals surface area contributed by atoms with Gasteiger partial charge in [0.05, 0.1) is 19.5 Å². The molecule has 3 heterocycles. The molecule has 4 rings (SSSR count). The Labute approximate surface area is 168 Å². The summed E-state index contributed by atoms with van der Waals surface area (Å²) in [6.45, 7) is 2.38. The van der Waals surface area contributed by atoms with Gasteiger partial charge in [0.15, 0.2) is 23.3 Å². The number of rotatable bonds is 6. The molecule has 1 aliphatic heterocycles. The van der Waals surface area contributed by atoms with Crippen LogP contribution in [0.4, 0.5) is 5.69 Å². The largest absolute Gasteiger partial charge is 0.490 e. The lowest BCUT2D eigenvalue weighted by atomic mass is 10.2. The van der Waals surface area contributed by atoms with E-state index in [9.17, 15) is 0 Å². The average molecular weight is 396 g/mol. The van der Waals surface area contributed by atoms with Gasteiger partial charge in [0.1, 0.15) is 18.6 Å². The minimum Gasteiger partial charge on any atom is -0.490 e. The van der Waals surface area contributed by atoms with Crippen molar-refractivity contribution in [3.8, 4) is 11.5 Å². The molecule has 0 amide bonds. The fourth-order valence-corrected chi connectivity index (χ4v) is 2.88. The summed E-state index contributed by atoms with van der Waals surface area (Å²) in [5.41, 5.74) is 0.858. The number of aromatic nitrogens is 3. The van der Waals surface area contributed by atoms with Crippen molar-refractivity contribution in [3.05, 3.63) is 54.5 Å². The highest BCUT2D eigenvalue weighted by Crippen LogP contribution is 2.32. The molecule has 0 saturated carbocycles. The number of hydrogen-bond donors (Lipinski definition) is 2. The van der Waals surface area contributed by atoms with Crippen LogP contribution in [0.1, 0.15) is 18.0 Å². The molecule has 1 aliphatic rings. The molecule has 0 saturated heterocycles. The summed E-state index contributed by atoms with van der Waals surface area (Å²) < 4.78 is 18.7. The normalized spacial score (nSPS) is 13.8. The number of nitrogens with one attached hydrogen (secondary N) is 2. The Morgan fingerprint density at radius 3 is 2.90 bits per heavy atom. The van der Waals surface area contributed by atoms with E-state index < -0.39 is 0 Å². The second-order valence-corrected chi connectivity index (χ2v) is 6.62. The summed E-state index contributed by atoms with van der Waals surface area (Å²) in [5.74, 6) is 3.82. The molecule has 9 nitrogen and oxygen atoms in total. The molecule has 9 heteroatoms. The third kappa shape index (κ3) is 5.07. The van der Waals surface area contributed by atoms with Crippen molar-refractivity contribution < 1.29 is 13.9 Å². The number of ether oxygens (including phenoxy) is 2. The summed E-state index contributed by atoms with van der Waals surface area (Å²) in [5, 5.41) is 14.6. The van der Waals surface area contributed by atoms with Gasteiger partial charge in [0.2, 0.25) is 0 Å². The van der Waals surface area contributed by atoms with Gasteiger partial charge in [-0.3, -0.25) is 0 Å². The molecular weight excluding hydrogens is 372 g/mol. The third-order valence-corrected chi connectivity index (χ3v) is 4.44. The highest BCUT2D eigenvalue weighted by atomic mass is 16.5. The van der Waals surface area contributed by atoms with E-state index in [1.807, 2.05) is 41.9 Å². The number of anilines is 1. The van der Waals surface area contributed by atoms with Crippen LogP contribution in [0.5, 0.6) is 11.5 Å². The molecule has 29 heavy (non-hydrogen) atoms. The maximum absolute atomic E-state index is 5.78. The van der Waals surface area contributed by atoms with Gasteiger partial charge < -0.3 is 29.1 Å². The molecular formula is C20H24N6O3. The van der Waals surface area contributed by atoms with Crippen molar-refractivity contribution >= 4 is 11.6 Å². The highest BCUT2D eigenvalue weighted by molar-refractivity contribution is 5.93. The van der Waals surface area contributed by atoms with Gasteiger partial charge in [-0.2, -0.15) is 0 Å². The van der Waals surface area contributed by atoms with E-state index in [1.165, 1.54) is 0 Å². The highest BCUT2D eigenvalue weighted by Gasteiger charge is 2.12. The quantitative estimate of drug-likeness (QED) is 0.487. The van der Waals surface area contributed by atoms with E-state index in [-0.39, 0.29) is 0 Å². The Bertz CT molecular complexity index is 951. The molecule has 0 bridgehead atoms. The van der Waals surface area contributed by atoms with Crippen LogP contribution in [0.15, 0.2) is 52.3 Å². The van der Waals surface area contributed by atoms with Crippen molar-refractivity contribution in [3.63, 3.8) is 0 Å². The van der Waals surface area contributed by atoms with E-state index in [0.29, 0.717) is 32.3 Å². The molecule has 0 fully saturated rings. The first-order chi connectivity index (χ1) is 14.3. The van der Waals surface area contributed by atoms with Crippen molar-refractivity contribution in [2.45, 2.75) is 19.4 Å². The van der Waals surface area contributed by atoms with Crippen LogP contribution in [0, 0.1) is 0 Å². The summed E-state index contributed by atoms with van der Waals surface area (Å²) in [4.78, 5) is 4.64. The van der Waals surface area contributed by atoms with E-state index >= 15 is 0 Å². The summed E-state index contributed by atoms with van der Waals surface area (Å²) >= 11 is 0. The molecule has 2 aromatic heterocycles. The standard InChI is InChI=1S/C20H24N6O3/c1-26-14-23-25-19(26)13-22-20(21-8-7-16-4-2-9-27-16)24-15-5-6-17-18(12-15)29-11-3-10-28-17/h2,4-6,9,12,14H,3,7-8,10-11,13H2,1H3,(H2,21,22,24). The Morgan fingerprint density at radius 1 is 1.21 bits per heavy atom. The number of fused-ring (bicyclic) bond motifs is 1. The van der Waals surface area contributed by atoms with Crippen LogP contribution in [-0.2, 0) is 20.0 Å². The summed E-state index contributed by atoms with van der Waals surface area (Å²) in [6.07, 6.45) is 4.95. The minimum atomic E-state index is 0.400. The first-order valence-corrected chi connectivity index (χ1v) is 9.58. The fraction of sp³-hybridized carbons (Fsp3) is 0.350. The van der Waals surface area contributed by atoms with Crippen molar-refractivity contribution in [1.29, 1.82) is 0 Å². The lowest BCUT2D eigenvalue weighted by molar-refractivity contribution is 0.297. The number of aliphatic imine (C=N–C) groups is 1. The predicted molar refractivity (Wildman–Crippen MR) is 108 cm³/mol. The van der Waals surface area contributed by atoms with Crippen LogP contribution < -0.4 is 20.1 Å². The van der Waals surface area contributed by atoms with Crippen molar-refractivity contribution in [1.82, 2.24) is 20.1 Å². The maximum atomic E-state index is 5.78. The first-order valence-electron chi connectivity index (χ1n) is 9.58. The number of hydrogen-bond acceptors (Lipinski definition) is 6. The number of furan rings is 1. The predicted octanol–water partition coefficient (Wildman–Crippen LogP) is 2.37. The van der Waals surface area contributed by atoms with Crippen LogP contribution in [-0.4, -0.2) is 40.5 Å². The number of nitrogens with zero attached hydrogens (tertiary/aromatic N) is 4. The topological polar surface area (TPSA) is 98.7 Å². The van der Waals surface area contributed by atoms with Gasteiger partial charge in [0, 0.05) is 38.2 Å². The number of guanidine groups is 1. The van der Waals surface area contributed by atoms with Gasteiger partial charge in [-0.15, -0.1) is 10.2 Å². The molecule has 0 aliphatic carbocycles. The summed E-state index contributed by atoms with van der Waals surface area (Å²) in [6, 6.07) is 9.61. The van der Waals surface area contributed by atoms with E-state index in [2.05, 4.69) is 25.8 Å². The Morgan fingerprint density at radius 2 is 2.10 bits per heavy atom. The molecule has 0 unspecified atom stereocenters. The van der Waals surface area contributed by atoms with Gasteiger partial charge in [0.25, 0.3) is 0 Å². The molecule has 0 spiro atoms. The van der Waals surface area contributed by atoms with Gasteiger partial charge in [-0.1, -0.05) is 0 Å². The Hall–Kier alpha value is -3.49. The van der Waals surface area contributed by atoms with Crippen LogP contribution in [0.2, 0.25) is 0 Å². The van der Waals surface area contributed by atoms with Crippen LogP contribution in [0.25, 0.3) is 0 Å². The SMILES string of the molecule is Cn1cnnc1CN=C(NCCc1ccco1)Nc1ccc2c(c1)OCCCO2. The molecule has 2 N–H and O–H groups in total. The number of benzene rings is 1. The second kappa shape index (κ2) is 9.13. The van der Waals surface area contributed by atoms with Crippen molar-refractivity contribution in [2.24, 2.45) is 12.0 Å². The van der Waals surface area contributed by atoms with Gasteiger partial charge >= 0.3 is 0 Å². The molecule has 1 aromatic carbocycles. The van der Waals surface area contributed by atoms with Crippen molar-refractivity contribution in [2.75, 3.05) is 25.1 Å². The minimum absolute atomic E-state index is 0.400.